The van der Waals surface area contributed by atoms with Crippen molar-refractivity contribution in [3.8, 4) is 6.01 Å². The standard InChI is InChI=1S/C19H32N6O2/c1-3-5-13-27-18-22-16(20)15-17(23-18)25(19(26)21-15)12-8-10-14-9-6-7-11-24(14)4-2/h14H,3-13H2,1-2H3,(H,21,26)(H2,20,22,23). The molecule has 1 unspecified atom stereocenters. The number of imidazole rings is 1. The van der Waals surface area contributed by atoms with Crippen LogP contribution in [-0.4, -0.2) is 50.2 Å². The number of nitrogens with two attached hydrogens (primary N) is 1. The zero-order valence-electron chi connectivity index (χ0n) is 16.5. The van der Waals surface area contributed by atoms with Crippen LogP contribution in [0.1, 0.15) is 58.8 Å². The molecule has 8 heteroatoms. The third kappa shape index (κ3) is 4.61. The zero-order valence-corrected chi connectivity index (χ0v) is 16.5. The van der Waals surface area contributed by atoms with Crippen molar-refractivity contribution in [1.82, 2.24) is 24.4 Å². The maximum atomic E-state index is 12.4. The van der Waals surface area contributed by atoms with Crippen LogP contribution in [0.25, 0.3) is 11.2 Å². The highest BCUT2D eigenvalue weighted by Crippen LogP contribution is 2.22. The number of aromatic nitrogens is 4. The zero-order chi connectivity index (χ0) is 19.2. The number of nitrogens with zero attached hydrogens (tertiary/aromatic N) is 4. The third-order valence-electron chi connectivity index (χ3n) is 5.43. The van der Waals surface area contributed by atoms with Gasteiger partial charge in [0.25, 0.3) is 0 Å². The molecule has 0 saturated carbocycles. The second-order valence-electron chi connectivity index (χ2n) is 7.29. The van der Waals surface area contributed by atoms with E-state index in [0.29, 0.717) is 30.4 Å². The maximum absolute atomic E-state index is 12.4. The molecule has 1 fully saturated rings. The van der Waals surface area contributed by atoms with Gasteiger partial charge in [0.15, 0.2) is 11.5 Å². The first-order valence-corrected chi connectivity index (χ1v) is 10.3. The Morgan fingerprint density at radius 2 is 2.11 bits per heavy atom. The monoisotopic (exact) mass is 376 g/mol. The van der Waals surface area contributed by atoms with E-state index in [1.165, 1.54) is 25.8 Å². The largest absolute Gasteiger partial charge is 0.463 e. The molecule has 0 radical (unpaired) electrons. The van der Waals surface area contributed by atoms with Crippen LogP contribution in [-0.2, 0) is 6.54 Å². The van der Waals surface area contributed by atoms with Gasteiger partial charge in [0.2, 0.25) is 0 Å². The van der Waals surface area contributed by atoms with Gasteiger partial charge in [0, 0.05) is 12.6 Å². The number of anilines is 1. The minimum atomic E-state index is -0.187. The van der Waals surface area contributed by atoms with Crippen LogP contribution in [0.3, 0.4) is 0 Å². The number of piperidine rings is 1. The van der Waals surface area contributed by atoms with Crippen LogP contribution in [0.15, 0.2) is 4.79 Å². The number of rotatable bonds is 9. The number of aryl methyl sites for hydroxylation is 1. The third-order valence-corrected chi connectivity index (χ3v) is 5.43. The normalized spacial score (nSPS) is 18.2. The summed E-state index contributed by atoms with van der Waals surface area (Å²) in [5.74, 6) is 0.256. The van der Waals surface area contributed by atoms with Gasteiger partial charge in [-0.25, -0.2) is 4.79 Å². The molecule has 0 spiro atoms. The molecule has 2 aromatic rings. The molecule has 3 N–H and O–H groups in total. The molecule has 0 bridgehead atoms. The van der Waals surface area contributed by atoms with Gasteiger partial charge in [-0.2, -0.15) is 9.97 Å². The number of fused-ring (bicyclic) bond motifs is 1. The lowest BCUT2D eigenvalue weighted by atomic mass is 9.98. The summed E-state index contributed by atoms with van der Waals surface area (Å²) < 4.78 is 7.26. The van der Waals surface area contributed by atoms with Crippen molar-refractivity contribution in [2.75, 3.05) is 25.4 Å². The minimum Gasteiger partial charge on any atom is -0.463 e. The van der Waals surface area contributed by atoms with E-state index in [2.05, 4.69) is 33.7 Å². The number of H-pyrrole nitrogens is 1. The summed E-state index contributed by atoms with van der Waals surface area (Å²) in [7, 11) is 0. The Morgan fingerprint density at radius 1 is 1.26 bits per heavy atom. The SMILES string of the molecule is CCCCOc1nc(N)c2[nH]c(=O)n(CCCC3CCCCN3CC)c2n1. The highest BCUT2D eigenvalue weighted by atomic mass is 16.5. The molecule has 0 aliphatic carbocycles. The van der Waals surface area contributed by atoms with Gasteiger partial charge in [0.1, 0.15) is 5.52 Å². The fraction of sp³-hybridized carbons (Fsp3) is 0.737. The van der Waals surface area contributed by atoms with Crippen molar-refractivity contribution in [3.63, 3.8) is 0 Å². The van der Waals surface area contributed by atoms with Gasteiger partial charge >= 0.3 is 11.7 Å². The minimum absolute atomic E-state index is 0.187. The van der Waals surface area contributed by atoms with Crippen molar-refractivity contribution < 1.29 is 4.74 Å². The number of aromatic amines is 1. The predicted molar refractivity (Wildman–Crippen MR) is 107 cm³/mol. The topological polar surface area (TPSA) is 102 Å². The van der Waals surface area contributed by atoms with Crippen LogP contribution in [0.4, 0.5) is 5.82 Å². The summed E-state index contributed by atoms with van der Waals surface area (Å²) in [5.41, 5.74) is 6.85. The predicted octanol–water partition coefficient (Wildman–Crippen LogP) is 2.54. The number of hydrogen-bond acceptors (Lipinski definition) is 6. The Kier molecular flexibility index (Phi) is 6.71. The molecule has 8 nitrogen and oxygen atoms in total. The maximum Gasteiger partial charge on any atom is 0.327 e. The Morgan fingerprint density at radius 3 is 2.89 bits per heavy atom. The second-order valence-corrected chi connectivity index (χ2v) is 7.29. The summed E-state index contributed by atoms with van der Waals surface area (Å²) in [6.45, 7) is 7.78. The van der Waals surface area contributed by atoms with E-state index in [9.17, 15) is 4.79 Å². The fourth-order valence-electron chi connectivity index (χ4n) is 3.90. The molecule has 3 heterocycles. The van der Waals surface area contributed by atoms with Crippen LogP contribution in [0.5, 0.6) is 6.01 Å². The van der Waals surface area contributed by atoms with E-state index in [4.69, 9.17) is 10.5 Å². The number of nitrogen functional groups attached to an aromatic ring is 1. The van der Waals surface area contributed by atoms with Crippen LogP contribution in [0, 0.1) is 0 Å². The van der Waals surface area contributed by atoms with Gasteiger partial charge in [-0.1, -0.05) is 26.7 Å². The van der Waals surface area contributed by atoms with Crippen LogP contribution < -0.4 is 16.2 Å². The lowest BCUT2D eigenvalue weighted by Crippen LogP contribution is -2.39. The summed E-state index contributed by atoms with van der Waals surface area (Å²) in [6, 6.07) is 0.864. The number of unbranched alkanes of at least 4 members (excludes halogenated alkanes) is 1. The van der Waals surface area contributed by atoms with Crippen molar-refractivity contribution >= 4 is 17.0 Å². The van der Waals surface area contributed by atoms with Gasteiger partial charge < -0.3 is 20.4 Å². The Balaban J connectivity index is 1.71. The number of nitrogens with one attached hydrogen (secondary N) is 1. The highest BCUT2D eigenvalue weighted by Gasteiger charge is 2.21. The molecule has 2 aromatic heterocycles. The van der Waals surface area contributed by atoms with Crippen molar-refractivity contribution in [3.05, 3.63) is 10.5 Å². The molecule has 27 heavy (non-hydrogen) atoms. The summed E-state index contributed by atoms with van der Waals surface area (Å²) >= 11 is 0. The van der Waals surface area contributed by atoms with Crippen molar-refractivity contribution in [2.24, 2.45) is 0 Å². The summed E-state index contributed by atoms with van der Waals surface area (Å²) in [4.78, 5) is 26.3. The van der Waals surface area contributed by atoms with E-state index in [0.717, 1.165) is 32.2 Å². The van der Waals surface area contributed by atoms with Gasteiger partial charge in [-0.05, 0) is 45.2 Å². The van der Waals surface area contributed by atoms with E-state index in [1.54, 1.807) is 4.57 Å². The molecule has 1 aliphatic rings. The van der Waals surface area contributed by atoms with Gasteiger partial charge in [-0.3, -0.25) is 4.57 Å². The quantitative estimate of drug-likeness (QED) is 0.652. The first-order valence-electron chi connectivity index (χ1n) is 10.3. The molecule has 1 atom stereocenters. The van der Waals surface area contributed by atoms with Crippen LogP contribution in [0.2, 0.25) is 0 Å². The molecule has 1 aliphatic heterocycles. The highest BCUT2D eigenvalue weighted by molar-refractivity contribution is 5.81. The first kappa shape index (κ1) is 19.7. The summed E-state index contributed by atoms with van der Waals surface area (Å²) in [6.07, 6.45) is 7.83. The Labute approximate surface area is 160 Å². The molecule has 150 valence electrons. The molecule has 3 rings (SSSR count). The molecule has 1 saturated heterocycles. The van der Waals surface area contributed by atoms with E-state index >= 15 is 0 Å². The Hall–Kier alpha value is -2.09. The van der Waals surface area contributed by atoms with Gasteiger partial charge in [0.05, 0.1) is 6.61 Å². The lowest BCUT2D eigenvalue weighted by molar-refractivity contribution is 0.145. The number of likely N-dealkylation sites (tertiary alicyclic amines) is 1. The number of ether oxygens (including phenoxy) is 1. The number of hydrogen-bond donors (Lipinski definition) is 2. The smallest absolute Gasteiger partial charge is 0.327 e. The average Bonchev–Trinajstić information content (AvgIpc) is 2.99. The molecule has 0 amide bonds. The molecular formula is C19H32N6O2. The first-order chi connectivity index (χ1) is 13.1. The van der Waals surface area contributed by atoms with Crippen molar-refractivity contribution in [2.45, 2.75) is 71.4 Å². The fourth-order valence-corrected chi connectivity index (χ4v) is 3.90. The second kappa shape index (κ2) is 9.21. The average molecular weight is 377 g/mol. The van der Waals surface area contributed by atoms with E-state index in [1.807, 2.05) is 0 Å². The molecular weight excluding hydrogens is 344 g/mol. The molecule has 0 aromatic carbocycles. The summed E-state index contributed by atoms with van der Waals surface area (Å²) in [5, 5.41) is 0. The van der Waals surface area contributed by atoms with Crippen LogP contribution >= 0.6 is 0 Å². The lowest BCUT2D eigenvalue weighted by Gasteiger charge is -2.35. The van der Waals surface area contributed by atoms with Crippen molar-refractivity contribution in [1.29, 1.82) is 0 Å². The Bertz CT molecular complexity index is 799. The van der Waals surface area contributed by atoms with E-state index in [-0.39, 0.29) is 17.5 Å². The van der Waals surface area contributed by atoms with Gasteiger partial charge in [-0.15, -0.1) is 0 Å². The van der Waals surface area contributed by atoms with E-state index < -0.39 is 0 Å².